The van der Waals surface area contributed by atoms with Crippen LogP contribution in [0.2, 0.25) is 0 Å². The highest BCUT2D eigenvalue weighted by atomic mass is 16.1. The molecule has 1 fully saturated rings. The molecular formula is C22H25N5O. The second-order valence-corrected chi connectivity index (χ2v) is 7.32. The number of piperidine rings is 1. The summed E-state index contributed by atoms with van der Waals surface area (Å²) in [4.78, 5) is 27.7. The smallest absolute Gasteiger partial charge is 0.220 e. The number of benzene rings is 1. The molecule has 1 amide bonds. The summed E-state index contributed by atoms with van der Waals surface area (Å²) in [7, 11) is 0. The molecule has 0 spiro atoms. The van der Waals surface area contributed by atoms with Gasteiger partial charge in [0.25, 0.3) is 0 Å². The lowest BCUT2D eigenvalue weighted by Crippen LogP contribution is -2.34. The number of carbonyl (C=O) groups is 1. The first-order valence-corrected chi connectivity index (χ1v) is 9.90. The SMILES string of the molecule is O=C(CCC1CCN(c2cnc3ccccc3n2)CC1)NCc1cccnc1. The third-order valence-corrected chi connectivity index (χ3v) is 5.37. The maximum atomic E-state index is 12.1. The summed E-state index contributed by atoms with van der Waals surface area (Å²) in [5.74, 6) is 1.66. The van der Waals surface area contributed by atoms with E-state index in [2.05, 4.69) is 20.2 Å². The quantitative estimate of drug-likeness (QED) is 0.715. The fourth-order valence-corrected chi connectivity index (χ4v) is 3.68. The van der Waals surface area contributed by atoms with Gasteiger partial charge in [-0.2, -0.15) is 0 Å². The number of pyridine rings is 1. The van der Waals surface area contributed by atoms with Gasteiger partial charge in [-0.25, -0.2) is 4.98 Å². The zero-order valence-corrected chi connectivity index (χ0v) is 15.9. The molecule has 1 N–H and O–H groups in total. The first-order chi connectivity index (χ1) is 13.8. The highest BCUT2D eigenvalue weighted by Crippen LogP contribution is 2.25. The molecule has 0 bridgehead atoms. The van der Waals surface area contributed by atoms with Gasteiger partial charge in [0, 0.05) is 38.4 Å². The van der Waals surface area contributed by atoms with Crippen molar-refractivity contribution in [3.8, 4) is 0 Å². The molecular weight excluding hydrogens is 350 g/mol. The molecule has 0 atom stereocenters. The molecule has 0 unspecified atom stereocenters. The molecule has 6 nitrogen and oxygen atoms in total. The lowest BCUT2D eigenvalue weighted by atomic mass is 9.92. The Morgan fingerprint density at radius 3 is 2.68 bits per heavy atom. The fourth-order valence-electron chi connectivity index (χ4n) is 3.68. The predicted octanol–water partition coefficient (Wildman–Crippen LogP) is 3.34. The van der Waals surface area contributed by atoms with E-state index in [0.717, 1.165) is 54.8 Å². The highest BCUT2D eigenvalue weighted by Gasteiger charge is 2.21. The molecule has 3 heterocycles. The van der Waals surface area contributed by atoms with E-state index < -0.39 is 0 Å². The van der Waals surface area contributed by atoms with Crippen LogP contribution in [0.5, 0.6) is 0 Å². The topological polar surface area (TPSA) is 71.0 Å². The average molecular weight is 375 g/mol. The minimum atomic E-state index is 0.117. The fraction of sp³-hybridized carbons (Fsp3) is 0.364. The van der Waals surface area contributed by atoms with E-state index in [1.54, 1.807) is 12.4 Å². The molecule has 0 saturated carbocycles. The summed E-state index contributed by atoms with van der Waals surface area (Å²) >= 11 is 0. The Morgan fingerprint density at radius 1 is 1.07 bits per heavy atom. The van der Waals surface area contributed by atoms with Crippen molar-refractivity contribution in [2.45, 2.75) is 32.2 Å². The van der Waals surface area contributed by atoms with E-state index in [9.17, 15) is 4.79 Å². The number of carbonyl (C=O) groups excluding carboxylic acids is 1. The Balaban J connectivity index is 1.22. The van der Waals surface area contributed by atoms with Gasteiger partial charge in [0.15, 0.2) is 0 Å². The average Bonchev–Trinajstić information content (AvgIpc) is 2.77. The van der Waals surface area contributed by atoms with Crippen LogP contribution >= 0.6 is 0 Å². The number of amides is 1. The normalized spacial score (nSPS) is 14.9. The van der Waals surface area contributed by atoms with Crippen molar-refractivity contribution in [2.24, 2.45) is 5.92 Å². The molecule has 1 aromatic carbocycles. The van der Waals surface area contributed by atoms with Crippen LogP contribution in [-0.2, 0) is 11.3 Å². The summed E-state index contributed by atoms with van der Waals surface area (Å²) in [6.07, 6.45) is 9.09. The highest BCUT2D eigenvalue weighted by molar-refractivity contribution is 5.76. The number of hydrogen-bond donors (Lipinski definition) is 1. The molecule has 28 heavy (non-hydrogen) atoms. The van der Waals surface area contributed by atoms with Gasteiger partial charge in [-0.15, -0.1) is 0 Å². The summed E-state index contributed by atoms with van der Waals surface area (Å²) in [6.45, 7) is 2.48. The van der Waals surface area contributed by atoms with Crippen LogP contribution in [0.4, 0.5) is 5.82 Å². The molecule has 1 saturated heterocycles. The molecule has 144 valence electrons. The number of anilines is 1. The molecule has 1 aliphatic heterocycles. The first kappa shape index (κ1) is 18.3. The monoisotopic (exact) mass is 375 g/mol. The van der Waals surface area contributed by atoms with Crippen molar-refractivity contribution in [1.29, 1.82) is 0 Å². The minimum Gasteiger partial charge on any atom is -0.355 e. The molecule has 1 aliphatic rings. The number of para-hydroxylation sites is 2. The van der Waals surface area contributed by atoms with E-state index in [4.69, 9.17) is 4.98 Å². The molecule has 0 radical (unpaired) electrons. The van der Waals surface area contributed by atoms with E-state index in [0.29, 0.717) is 18.9 Å². The Hall–Kier alpha value is -3.02. The predicted molar refractivity (Wildman–Crippen MR) is 110 cm³/mol. The number of nitrogens with zero attached hydrogens (tertiary/aromatic N) is 4. The summed E-state index contributed by atoms with van der Waals surface area (Å²) in [6, 6.07) is 11.8. The molecule has 0 aliphatic carbocycles. The van der Waals surface area contributed by atoms with Gasteiger partial charge in [-0.3, -0.25) is 14.8 Å². The zero-order valence-electron chi connectivity index (χ0n) is 15.9. The molecule has 4 rings (SSSR count). The summed E-state index contributed by atoms with van der Waals surface area (Å²) in [5, 5.41) is 2.98. The van der Waals surface area contributed by atoms with Crippen molar-refractivity contribution in [1.82, 2.24) is 20.3 Å². The molecule has 6 heteroatoms. The van der Waals surface area contributed by atoms with Gasteiger partial charge >= 0.3 is 0 Å². The van der Waals surface area contributed by atoms with Crippen LogP contribution in [0.3, 0.4) is 0 Å². The largest absolute Gasteiger partial charge is 0.355 e. The Labute approximate surface area is 165 Å². The van der Waals surface area contributed by atoms with E-state index in [1.165, 1.54) is 0 Å². The zero-order chi connectivity index (χ0) is 19.2. The van der Waals surface area contributed by atoms with E-state index in [-0.39, 0.29) is 5.91 Å². The standard InChI is InChI=1S/C22H25N5O/c28-22(25-15-18-4-3-11-23-14-18)8-7-17-9-12-27(13-10-17)21-16-24-19-5-1-2-6-20(19)26-21/h1-6,11,14,16-17H,7-10,12-13,15H2,(H,25,28). The van der Waals surface area contributed by atoms with Crippen molar-refractivity contribution >= 4 is 22.8 Å². The maximum Gasteiger partial charge on any atom is 0.220 e. The Kier molecular flexibility index (Phi) is 5.75. The second kappa shape index (κ2) is 8.78. The van der Waals surface area contributed by atoms with Crippen molar-refractivity contribution in [2.75, 3.05) is 18.0 Å². The van der Waals surface area contributed by atoms with Crippen LogP contribution in [0.1, 0.15) is 31.2 Å². The lowest BCUT2D eigenvalue weighted by molar-refractivity contribution is -0.121. The number of fused-ring (bicyclic) bond motifs is 1. The first-order valence-electron chi connectivity index (χ1n) is 9.90. The second-order valence-electron chi connectivity index (χ2n) is 7.32. The van der Waals surface area contributed by atoms with Crippen LogP contribution in [-0.4, -0.2) is 33.9 Å². The van der Waals surface area contributed by atoms with Gasteiger partial charge < -0.3 is 10.2 Å². The van der Waals surface area contributed by atoms with Crippen molar-refractivity contribution < 1.29 is 4.79 Å². The van der Waals surface area contributed by atoms with Crippen LogP contribution in [0.15, 0.2) is 55.0 Å². The van der Waals surface area contributed by atoms with Gasteiger partial charge in [0.1, 0.15) is 5.82 Å². The van der Waals surface area contributed by atoms with Crippen LogP contribution in [0, 0.1) is 5.92 Å². The number of aromatic nitrogens is 3. The van der Waals surface area contributed by atoms with Crippen molar-refractivity contribution in [3.63, 3.8) is 0 Å². The number of rotatable bonds is 6. The summed E-state index contributed by atoms with van der Waals surface area (Å²) < 4.78 is 0. The lowest BCUT2D eigenvalue weighted by Gasteiger charge is -2.32. The third-order valence-electron chi connectivity index (χ3n) is 5.37. The van der Waals surface area contributed by atoms with Gasteiger partial charge in [-0.1, -0.05) is 18.2 Å². The van der Waals surface area contributed by atoms with Crippen molar-refractivity contribution in [3.05, 3.63) is 60.6 Å². The van der Waals surface area contributed by atoms with Gasteiger partial charge in [-0.05, 0) is 48.9 Å². The van der Waals surface area contributed by atoms with Gasteiger partial charge in [0.2, 0.25) is 5.91 Å². The van der Waals surface area contributed by atoms with E-state index in [1.807, 2.05) is 42.6 Å². The molecule has 2 aromatic heterocycles. The minimum absolute atomic E-state index is 0.117. The van der Waals surface area contributed by atoms with Crippen LogP contribution in [0.25, 0.3) is 11.0 Å². The Morgan fingerprint density at radius 2 is 1.89 bits per heavy atom. The van der Waals surface area contributed by atoms with Gasteiger partial charge in [0.05, 0.1) is 17.2 Å². The number of nitrogens with one attached hydrogen (secondary N) is 1. The third kappa shape index (κ3) is 4.63. The van der Waals surface area contributed by atoms with Crippen LogP contribution < -0.4 is 10.2 Å². The van der Waals surface area contributed by atoms with E-state index >= 15 is 0 Å². The summed E-state index contributed by atoms with van der Waals surface area (Å²) in [5.41, 5.74) is 2.89. The Bertz CT molecular complexity index is 922. The number of hydrogen-bond acceptors (Lipinski definition) is 5. The molecule has 3 aromatic rings. The maximum absolute atomic E-state index is 12.1.